The van der Waals surface area contributed by atoms with Crippen LogP contribution in [-0.4, -0.2) is 4.57 Å². The number of nitrogens with zero attached hydrogens (tertiary/aromatic N) is 2. The van der Waals surface area contributed by atoms with Crippen LogP contribution in [0.2, 0.25) is 0 Å². The van der Waals surface area contributed by atoms with E-state index in [1.807, 2.05) is 0 Å². The molecule has 69 heavy (non-hydrogen) atoms. The van der Waals surface area contributed by atoms with Crippen molar-refractivity contribution in [3.05, 3.63) is 289 Å². The Hall–Kier alpha value is -8.98. The van der Waals surface area contributed by atoms with Crippen molar-refractivity contribution < 1.29 is 0 Å². The van der Waals surface area contributed by atoms with Crippen LogP contribution in [-0.2, 0) is 5.41 Å². The van der Waals surface area contributed by atoms with E-state index in [1.165, 1.54) is 98.6 Å². The summed E-state index contributed by atoms with van der Waals surface area (Å²) in [5.41, 5.74) is 16.3. The van der Waals surface area contributed by atoms with Gasteiger partial charge in [0.05, 0.1) is 16.4 Å². The van der Waals surface area contributed by atoms with Crippen LogP contribution in [0.15, 0.2) is 267 Å². The van der Waals surface area contributed by atoms with Gasteiger partial charge in [-0.3, -0.25) is 0 Å². The van der Waals surface area contributed by atoms with Crippen LogP contribution in [0, 0.1) is 0 Å². The summed E-state index contributed by atoms with van der Waals surface area (Å²) in [6.07, 6.45) is 0. The van der Waals surface area contributed by atoms with E-state index >= 15 is 0 Å². The summed E-state index contributed by atoms with van der Waals surface area (Å²) in [6, 6.07) is 98.7. The third-order valence-electron chi connectivity index (χ3n) is 14.8. The lowest BCUT2D eigenvalue weighted by Crippen LogP contribution is -2.28. The predicted molar refractivity (Wildman–Crippen MR) is 291 cm³/mol. The summed E-state index contributed by atoms with van der Waals surface area (Å²) >= 11 is 0. The zero-order chi connectivity index (χ0) is 45.5. The Kier molecular flexibility index (Phi) is 8.84. The second-order valence-electron chi connectivity index (χ2n) is 18.4. The summed E-state index contributed by atoms with van der Waals surface area (Å²) in [6.45, 7) is 0. The molecule has 0 N–H and O–H groups in total. The number of para-hydroxylation sites is 2. The van der Waals surface area contributed by atoms with Crippen LogP contribution in [0.1, 0.15) is 22.3 Å². The smallest absolute Gasteiger partial charge is 0.0714 e. The minimum Gasteiger partial charge on any atom is -0.310 e. The first kappa shape index (κ1) is 39.2. The molecule has 0 saturated heterocycles. The molecule has 14 rings (SSSR count). The highest BCUT2D eigenvalue weighted by atomic mass is 15.1. The minimum absolute atomic E-state index is 0.527. The van der Waals surface area contributed by atoms with Gasteiger partial charge in [-0.15, -0.1) is 0 Å². The molecule has 322 valence electrons. The van der Waals surface area contributed by atoms with Crippen molar-refractivity contribution in [2.75, 3.05) is 4.90 Å². The molecule has 0 amide bonds. The van der Waals surface area contributed by atoms with Crippen LogP contribution in [0.25, 0.3) is 82.1 Å². The Labute approximate surface area is 401 Å². The van der Waals surface area contributed by atoms with E-state index in [1.54, 1.807) is 0 Å². The largest absolute Gasteiger partial charge is 0.310 e. The molecule has 0 atom stereocenters. The highest BCUT2D eigenvalue weighted by Gasteiger charge is 2.46. The van der Waals surface area contributed by atoms with Crippen molar-refractivity contribution in [2.24, 2.45) is 0 Å². The molecule has 1 aliphatic rings. The monoisotopic (exact) mass is 876 g/mol. The first-order valence-corrected chi connectivity index (χ1v) is 23.9. The number of hydrogen-bond acceptors (Lipinski definition) is 1. The molecule has 1 aliphatic carbocycles. The van der Waals surface area contributed by atoms with Gasteiger partial charge in [-0.05, 0) is 144 Å². The summed E-state index contributed by atoms with van der Waals surface area (Å²) in [7, 11) is 0. The number of aromatic nitrogens is 1. The quantitative estimate of drug-likeness (QED) is 0.145. The average molecular weight is 877 g/mol. The second kappa shape index (κ2) is 15.6. The lowest BCUT2D eigenvalue weighted by Gasteiger charge is -2.35. The van der Waals surface area contributed by atoms with Crippen LogP contribution in [0.4, 0.5) is 17.1 Å². The number of hydrogen-bond donors (Lipinski definition) is 0. The molecule has 0 radical (unpaired) electrons. The summed E-state index contributed by atoms with van der Waals surface area (Å²) < 4.78 is 2.38. The molecule has 13 aromatic rings. The Morgan fingerprint density at radius 2 is 0.754 bits per heavy atom. The molecule has 0 aliphatic heterocycles. The van der Waals surface area contributed by atoms with Crippen LogP contribution in [0.3, 0.4) is 0 Å². The van der Waals surface area contributed by atoms with Gasteiger partial charge < -0.3 is 9.47 Å². The van der Waals surface area contributed by atoms with Gasteiger partial charge in [0.2, 0.25) is 0 Å². The fourth-order valence-corrected chi connectivity index (χ4v) is 11.9. The highest BCUT2D eigenvalue weighted by molar-refractivity contribution is 6.26. The van der Waals surface area contributed by atoms with Gasteiger partial charge in [-0.2, -0.15) is 0 Å². The van der Waals surface area contributed by atoms with Crippen molar-refractivity contribution >= 4 is 71.2 Å². The lowest BCUT2D eigenvalue weighted by molar-refractivity contribution is 0.768. The van der Waals surface area contributed by atoms with Gasteiger partial charge >= 0.3 is 0 Å². The highest BCUT2D eigenvalue weighted by Crippen LogP contribution is 2.57. The molecular weight excluding hydrogens is 833 g/mol. The topological polar surface area (TPSA) is 8.17 Å². The van der Waals surface area contributed by atoms with Crippen molar-refractivity contribution in [1.29, 1.82) is 0 Å². The second-order valence-corrected chi connectivity index (χ2v) is 18.4. The van der Waals surface area contributed by atoms with E-state index < -0.39 is 5.41 Å². The Morgan fingerprint density at radius 1 is 0.275 bits per heavy atom. The Bertz CT molecular complexity index is 4040. The fourth-order valence-electron chi connectivity index (χ4n) is 11.9. The molecule has 0 bridgehead atoms. The normalized spacial score (nSPS) is 12.8. The van der Waals surface area contributed by atoms with Gasteiger partial charge in [-0.25, -0.2) is 0 Å². The van der Waals surface area contributed by atoms with Crippen molar-refractivity contribution in [3.63, 3.8) is 0 Å². The number of benzene rings is 12. The minimum atomic E-state index is -0.527. The van der Waals surface area contributed by atoms with E-state index in [4.69, 9.17) is 0 Å². The molecule has 0 spiro atoms. The standard InChI is InChI=1S/C67H44N2/c1-4-18-47(19-5-1)67(48-20-6-2-7-21-48)63-30-16-14-28-58(63)59-40-38-52(44-64(59)67)68(51-37-39-57-55-26-11-10-24-53(55)54-25-12-13-27-56(54)61(57)43-51)50-35-32-45(33-36-50)46-34-41-66-62(42-46)60-29-15-17-31-65(60)69(66)49-22-8-3-9-23-49/h1-44H. The van der Waals surface area contributed by atoms with E-state index in [0.717, 1.165) is 22.7 Å². The van der Waals surface area contributed by atoms with Crippen LogP contribution >= 0.6 is 0 Å². The molecule has 0 fully saturated rings. The molecular formula is C67H44N2. The summed E-state index contributed by atoms with van der Waals surface area (Å²) in [5, 5.41) is 10.0. The summed E-state index contributed by atoms with van der Waals surface area (Å²) in [5.74, 6) is 0. The van der Waals surface area contributed by atoms with Gasteiger partial charge in [0.1, 0.15) is 0 Å². The van der Waals surface area contributed by atoms with Crippen molar-refractivity contribution in [1.82, 2.24) is 4.57 Å². The molecule has 1 aromatic heterocycles. The van der Waals surface area contributed by atoms with Crippen molar-refractivity contribution in [2.45, 2.75) is 5.41 Å². The van der Waals surface area contributed by atoms with Gasteiger partial charge in [0, 0.05) is 33.5 Å². The van der Waals surface area contributed by atoms with E-state index in [0.29, 0.717) is 0 Å². The average Bonchev–Trinajstić information content (AvgIpc) is 3.92. The molecule has 1 heterocycles. The predicted octanol–water partition coefficient (Wildman–Crippen LogP) is 17.7. The fraction of sp³-hybridized carbons (Fsp3) is 0.0149. The maximum Gasteiger partial charge on any atom is 0.0714 e. The third kappa shape index (κ3) is 5.92. The molecule has 2 nitrogen and oxygen atoms in total. The Morgan fingerprint density at radius 3 is 1.43 bits per heavy atom. The maximum atomic E-state index is 2.47. The Balaban J connectivity index is 0.979. The molecule has 0 saturated carbocycles. The molecule has 0 unspecified atom stereocenters. The maximum absolute atomic E-state index is 2.47. The first-order chi connectivity index (χ1) is 34.2. The van der Waals surface area contributed by atoms with Gasteiger partial charge in [-0.1, -0.05) is 200 Å². The van der Waals surface area contributed by atoms with Gasteiger partial charge in [0.25, 0.3) is 0 Å². The van der Waals surface area contributed by atoms with Crippen LogP contribution in [0.5, 0.6) is 0 Å². The zero-order valence-electron chi connectivity index (χ0n) is 37.8. The number of rotatable bonds is 7. The molecule has 2 heteroatoms. The number of anilines is 3. The summed E-state index contributed by atoms with van der Waals surface area (Å²) in [4.78, 5) is 2.47. The van der Waals surface area contributed by atoms with Crippen LogP contribution < -0.4 is 4.90 Å². The van der Waals surface area contributed by atoms with Gasteiger partial charge in [0.15, 0.2) is 0 Å². The van der Waals surface area contributed by atoms with Crippen molar-refractivity contribution in [3.8, 4) is 27.9 Å². The zero-order valence-corrected chi connectivity index (χ0v) is 37.8. The molecule has 12 aromatic carbocycles. The van der Waals surface area contributed by atoms with E-state index in [2.05, 4.69) is 276 Å². The van der Waals surface area contributed by atoms with E-state index in [-0.39, 0.29) is 0 Å². The lowest BCUT2D eigenvalue weighted by atomic mass is 9.67. The number of fused-ring (bicyclic) bond motifs is 12. The SMILES string of the molecule is c1ccc(-n2c3ccccc3c3cc(-c4ccc(N(c5ccc6c(c5)C(c5ccccc5)(c5ccccc5)c5ccccc5-6)c5ccc6c7ccccc7c7ccccc7c6c5)cc4)ccc32)cc1. The third-order valence-corrected chi connectivity index (χ3v) is 14.8. The first-order valence-electron chi connectivity index (χ1n) is 23.9. The van der Waals surface area contributed by atoms with E-state index in [9.17, 15) is 0 Å².